The molecular weight excluding hydrogens is 198 g/mol. The third-order valence-electron chi connectivity index (χ3n) is 2.67. The van der Waals surface area contributed by atoms with Crippen molar-refractivity contribution in [3.8, 4) is 12.3 Å². The number of rotatable bonds is 6. The van der Waals surface area contributed by atoms with E-state index in [4.69, 9.17) is 6.42 Å². The van der Waals surface area contributed by atoms with Gasteiger partial charge in [0.05, 0.1) is 18.3 Å². The van der Waals surface area contributed by atoms with Gasteiger partial charge in [0.15, 0.2) is 0 Å². The van der Waals surface area contributed by atoms with Gasteiger partial charge < -0.3 is 5.32 Å². The standard InChI is InChI=1S/C13H21N3/c1-5-8-14-10-11(4)16-13(7-3)9-12(6-2)15-16/h1,9,11,14H,6-8,10H2,2-4H3. The summed E-state index contributed by atoms with van der Waals surface area (Å²) in [6, 6.07) is 2.54. The van der Waals surface area contributed by atoms with Crippen molar-refractivity contribution in [2.75, 3.05) is 13.1 Å². The van der Waals surface area contributed by atoms with E-state index >= 15 is 0 Å². The van der Waals surface area contributed by atoms with E-state index in [-0.39, 0.29) is 0 Å². The lowest BCUT2D eigenvalue weighted by molar-refractivity contribution is 0.448. The minimum Gasteiger partial charge on any atom is -0.304 e. The Bertz CT molecular complexity index is 360. The van der Waals surface area contributed by atoms with Crippen molar-refractivity contribution in [3.63, 3.8) is 0 Å². The van der Waals surface area contributed by atoms with E-state index in [0.29, 0.717) is 12.6 Å². The van der Waals surface area contributed by atoms with Crippen LogP contribution in [0.15, 0.2) is 6.07 Å². The van der Waals surface area contributed by atoms with E-state index in [9.17, 15) is 0 Å². The summed E-state index contributed by atoms with van der Waals surface area (Å²) in [5.74, 6) is 2.58. The van der Waals surface area contributed by atoms with Crippen LogP contribution in [-0.4, -0.2) is 22.9 Å². The molecule has 88 valence electrons. The number of aromatic nitrogens is 2. The molecule has 1 unspecified atom stereocenters. The van der Waals surface area contributed by atoms with Crippen LogP contribution in [0.5, 0.6) is 0 Å². The maximum Gasteiger partial charge on any atom is 0.0624 e. The minimum absolute atomic E-state index is 0.351. The van der Waals surface area contributed by atoms with E-state index in [1.165, 1.54) is 11.4 Å². The largest absolute Gasteiger partial charge is 0.304 e. The third-order valence-corrected chi connectivity index (χ3v) is 2.67. The van der Waals surface area contributed by atoms with Crippen LogP contribution in [0.4, 0.5) is 0 Å². The summed E-state index contributed by atoms with van der Waals surface area (Å²) in [7, 11) is 0. The summed E-state index contributed by atoms with van der Waals surface area (Å²) in [6.45, 7) is 7.94. The summed E-state index contributed by atoms with van der Waals surface area (Å²) < 4.78 is 2.11. The Kier molecular flexibility index (Phi) is 5.07. The van der Waals surface area contributed by atoms with E-state index in [1.807, 2.05) is 0 Å². The smallest absolute Gasteiger partial charge is 0.0624 e. The molecule has 0 amide bonds. The van der Waals surface area contributed by atoms with Gasteiger partial charge in [-0.05, 0) is 25.8 Å². The molecule has 1 N–H and O–H groups in total. The van der Waals surface area contributed by atoms with Crippen molar-refractivity contribution in [2.45, 2.75) is 39.7 Å². The SMILES string of the molecule is C#CCNCC(C)n1nc(CC)cc1CC. The Hall–Kier alpha value is -1.27. The Labute approximate surface area is 98.2 Å². The van der Waals surface area contributed by atoms with Crippen molar-refractivity contribution in [2.24, 2.45) is 0 Å². The normalized spacial score (nSPS) is 12.4. The van der Waals surface area contributed by atoms with Gasteiger partial charge in [-0.2, -0.15) is 5.10 Å². The van der Waals surface area contributed by atoms with Gasteiger partial charge in [-0.3, -0.25) is 4.68 Å². The fourth-order valence-electron chi connectivity index (χ4n) is 1.75. The molecule has 1 aromatic rings. The predicted molar refractivity (Wildman–Crippen MR) is 67.4 cm³/mol. The first kappa shape index (κ1) is 12.8. The molecule has 0 fully saturated rings. The molecule has 16 heavy (non-hydrogen) atoms. The Morgan fingerprint density at radius 2 is 2.25 bits per heavy atom. The highest BCUT2D eigenvalue weighted by atomic mass is 15.3. The number of nitrogens with zero attached hydrogens (tertiary/aromatic N) is 2. The van der Waals surface area contributed by atoms with Crippen LogP contribution in [0.25, 0.3) is 0 Å². The number of aryl methyl sites for hydroxylation is 2. The second-order valence-corrected chi connectivity index (χ2v) is 3.96. The quantitative estimate of drug-likeness (QED) is 0.584. The molecular formula is C13H21N3. The molecule has 0 saturated heterocycles. The highest BCUT2D eigenvalue weighted by Gasteiger charge is 2.10. The predicted octanol–water partition coefficient (Wildman–Crippen LogP) is 1.79. The lowest BCUT2D eigenvalue weighted by atomic mass is 10.2. The molecule has 1 atom stereocenters. The monoisotopic (exact) mass is 219 g/mol. The van der Waals surface area contributed by atoms with Crippen molar-refractivity contribution in [1.29, 1.82) is 0 Å². The van der Waals surface area contributed by atoms with Crippen LogP contribution >= 0.6 is 0 Å². The second kappa shape index (κ2) is 6.34. The fraction of sp³-hybridized carbons (Fsp3) is 0.615. The van der Waals surface area contributed by atoms with Gasteiger partial charge in [-0.1, -0.05) is 19.8 Å². The van der Waals surface area contributed by atoms with Crippen LogP contribution < -0.4 is 5.32 Å². The molecule has 0 aliphatic heterocycles. The number of nitrogens with one attached hydrogen (secondary N) is 1. The first-order valence-electron chi connectivity index (χ1n) is 5.94. The van der Waals surface area contributed by atoms with Crippen molar-refractivity contribution in [1.82, 2.24) is 15.1 Å². The highest BCUT2D eigenvalue weighted by molar-refractivity contribution is 5.11. The highest BCUT2D eigenvalue weighted by Crippen LogP contribution is 2.12. The Morgan fingerprint density at radius 1 is 1.50 bits per heavy atom. The summed E-state index contributed by atoms with van der Waals surface area (Å²) in [5.41, 5.74) is 2.47. The molecule has 1 heterocycles. The van der Waals surface area contributed by atoms with Crippen LogP contribution in [-0.2, 0) is 12.8 Å². The van der Waals surface area contributed by atoms with E-state index in [1.54, 1.807) is 0 Å². The van der Waals surface area contributed by atoms with Gasteiger partial charge in [0.1, 0.15) is 0 Å². The zero-order valence-corrected chi connectivity index (χ0v) is 10.5. The van der Waals surface area contributed by atoms with Crippen molar-refractivity contribution >= 4 is 0 Å². The van der Waals surface area contributed by atoms with Crippen LogP contribution in [0.1, 0.15) is 38.2 Å². The summed E-state index contributed by atoms with van der Waals surface area (Å²) in [5, 5.41) is 7.82. The molecule has 0 bridgehead atoms. The molecule has 3 nitrogen and oxygen atoms in total. The lowest BCUT2D eigenvalue weighted by Crippen LogP contribution is -2.25. The zero-order valence-electron chi connectivity index (χ0n) is 10.5. The van der Waals surface area contributed by atoms with Crippen LogP contribution in [0.2, 0.25) is 0 Å². The fourth-order valence-corrected chi connectivity index (χ4v) is 1.75. The van der Waals surface area contributed by atoms with Gasteiger partial charge in [0.25, 0.3) is 0 Å². The van der Waals surface area contributed by atoms with E-state index < -0.39 is 0 Å². The van der Waals surface area contributed by atoms with Gasteiger partial charge in [-0.25, -0.2) is 0 Å². The van der Waals surface area contributed by atoms with Crippen LogP contribution in [0.3, 0.4) is 0 Å². The van der Waals surface area contributed by atoms with Gasteiger partial charge in [0.2, 0.25) is 0 Å². The number of hydrogen-bond donors (Lipinski definition) is 1. The molecule has 0 aliphatic carbocycles. The van der Waals surface area contributed by atoms with E-state index in [0.717, 1.165) is 19.4 Å². The average molecular weight is 219 g/mol. The van der Waals surface area contributed by atoms with Crippen molar-refractivity contribution < 1.29 is 0 Å². The Balaban J connectivity index is 2.69. The van der Waals surface area contributed by atoms with Gasteiger partial charge >= 0.3 is 0 Å². The average Bonchev–Trinajstić information content (AvgIpc) is 2.72. The van der Waals surface area contributed by atoms with Crippen molar-refractivity contribution in [3.05, 3.63) is 17.5 Å². The number of terminal acetylenes is 1. The number of hydrogen-bond acceptors (Lipinski definition) is 2. The Morgan fingerprint density at radius 3 is 2.81 bits per heavy atom. The lowest BCUT2D eigenvalue weighted by Gasteiger charge is -2.15. The van der Waals surface area contributed by atoms with E-state index in [2.05, 4.69) is 47.9 Å². The molecule has 1 aromatic heterocycles. The maximum atomic E-state index is 5.20. The summed E-state index contributed by atoms with van der Waals surface area (Å²) in [6.07, 6.45) is 7.21. The molecule has 0 aliphatic rings. The summed E-state index contributed by atoms with van der Waals surface area (Å²) >= 11 is 0. The molecule has 0 spiro atoms. The molecule has 0 saturated carbocycles. The first-order valence-corrected chi connectivity index (χ1v) is 5.94. The molecule has 0 radical (unpaired) electrons. The minimum atomic E-state index is 0.351. The summed E-state index contributed by atoms with van der Waals surface area (Å²) in [4.78, 5) is 0. The first-order chi connectivity index (χ1) is 7.72. The van der Waals surface area contributed by atoms with Gasteiger partial charge in [0, 0.05) is 12.2 Å². The van der Waals surface area contributed by atoms with Crippen LogP contribution in [0, 0.1) is 12.3 Å². The molecule has 1 rings (SSSR count). The van der Waals surface area contributed by atoms with Gasteiger partial charge in [-0.15, -0.1) is 6.42 Å². The third kappa shape index (κ3) is 3.11. The maximum absolute atomic E-state index is 5.20. The topological polar surface area (TPSA) is 29.9 Å². The molecule has 0 aromatic carbocycles. The molecule has 3 heteroatoms. The second-order valence-electron chi connectivity index (χ2n) is 3.96. The zero-order chi connectivity index (χ0) is 12.0.